The van der Waals surface area contributed by atoms with Crippen molar-refractivity contribution >= 4 is 33.4 Å². The number of anilines is 1. The molecule has 0 radical (unpaired) electrons. The summed E-state index contributed by atoms with van der Waals surface area (Å²) >= 11 is 5.67. The van der Waals surface area contributed by atoms with Crippen LogP contribution in [0, 0.1) is 0 Å². The summed E-state index contributed by atoms with van der Waals surface area (Å²) in [6.07, 6.45) is 2.42. The Kier molecular flexibility index (Phi) is 4.96. The van der Waals surface area contributed by atoms with Crippen molar-refractivity contribution in [3.63, 3.8) is 0 Å². The second kappa shape index (κ2) is 6.75. The SMILES string of the molecule is COC(=O)c1ncccc1S(=O)(=O)Nc1ncc(Cl)nc1OC. The number of ether oxygens (including phenoxy) is 2. The number of halogens is 1. The molecule has 11 heteroatoms. The normalized spacial score (nSPS) is 10.9. The van der Waals surface area contributed by atoms with Gasteiger partial charge < -0.3 is 9.47 Å². The molecule has 9 nitrogen and oxygen atoms in total. The second-order valence-electron chi connectivity index (χ2n) is 4.00. The Hall–Kier alpha value is -2.46. The van der Waals surface area contributed by atoms with Gasteiger partial charge in [-0.25, -0.2) is 23.2 Å². The van der Waals surface area contributed by atoms with E-state index in [1.807, 2.05) is 0 Å². The monoisotopic (exact) mass is 358 g/mol. The quantitative estimate of drug-likeness (QED) is 0.789. The Morgan fingerprint density at radius 2 is 2.04 bits per heavy atom. The van der Waals surface area contributed by atoms with E-state index in [0.29, 0.717) is 0 Å². The van der Waals surface area contributed by atoms with Gasteiger partial charge >= 0.3 is 5.97 Å². The molecule has 0 aliphatic rings. The van der Waals surface area contributed by atoms with Crippen LogP contribution in [-0.4, -0.2) is 43.6 Å². The van der Waals surface area contributed by atoms with Crippen molar-refractivity contribution in [1.29, 1.82) is 0 Å². The van der Waals surface area contributed by atoms with Crippen LogP contribution in [0.5, 0.6) is 5.88 Å². The van der Waals surface area contributed by atoms with Crippen LogP contribution in [0.15, 0.2) is 29.4 Å². The third kappa shape index (κ3) is 3.66. The lowest BCUT2D eigenvalue weighted by Crippen LogP contribution is -2.19. The predicted octanol–water partition coefficient (Wildman–Crippen LogP) is 1.12. The summed E-state index contributed by atoms with van der Waals surface area (Å²) in [6.45, 7) is 0. The lowest BCUT2D eigenvalue weighted by Gasteiger charge is -2.11. The van der Waals surface area contributed by atoms with Crippen molar-refractivity contribution in [3.8, 4) is 5.88 Å². The molecule has 0 atom stereocenters. The standard InChI is InChI=1S/C12H11ClN4O5S/c1-21-11-10(15-6-8(13)16-11)17-23(19,20)7-4-3-5-14-9(7)12(18)22-2/h3-6H,1-2H3,(H,15,17). The number of carbonyl (C=O) groups excluding carboxylic acids is 1. The Labute approximate surface area is 136 Å². The van der Waals surface area contributed by atoms with E-state index < -0.39 is 16.0 Å². The number of rotatable bonds is 5. The molecule has 2 aromatic rings. The van der Waals surface area contributed by atoms with Crippen molar-refractivity contribution in [2.75, 3.05) is 18.9 Å². The van der Waals surface area contributed by atoms with Crippen LogP contribution >= 0.6 is 11.6 Å². The zero-order valence-electron chi connectivity index (χ0n) is 12.0. The molecule has 1 N–H and O–H groups in total. The van der Waals surface area contributed by atoms with Crippen molar-refractivity contribution in [1.82, 2.24) is 15.0 Å². The highest BCUT2D eigenvalue weighted by Crippen LogP contribution is 2.24. The van der Waals surface area contributed by atoms with Gasteiger partial charge in [0.1, 0.15) is 4.90 Å². The van der Waals surface area contributed by atoms with E-state index in [4.69, 9.17) is 16.3 Å². The Morgan fingerprint density at radius 3 is 2.70 bits per heavy atom. The first-order valence-corrected chi connectivity index (χ1v) is 7.88. The fourth-order valence-corrected chi connectivity index (χ4v) is 2.88. The number of nitrogens with one attached hydrogen (secondary N) is 1. The van der Waals surface area contributed by atoms with E-state index in [9.17, 15) is 13.2 Å². The minimum atomic E-state index is -4.18. The first-order valence-electron chi connectivity index (χ1n) is 6.01. The van der Waals surface area contributed by atoms with Crippen LogP contribution in [0.2, 0.25) is 5.15 Å². The third-order valence-electron chi connectivity index (χ3n) is 2.57. The van der Waals surface area contributed by atoms with E-state index in [0.717, 1.165) is 13.3 Å². The fraction of sp³-hybridized carbons (Fsp3) is 0.167. The molecule has 23 heavy (non-hydrogen) atoms. The molecule has 0 fully saturated rings. The van der Waals surface area contributed by atoms with Crippen LogP contribution in [-0.2, 0) is 14.8 Å². The van der Waals surface area contributed by atoms with E-state index in [1.165, 1.54) is 25.4 Å². The molecule has 0 spiro atoms. The zero-order valence-corrected chi connectivity index (χ0v) is 13.6. The first kappa shape index (κ1) is 16.9. The summed E-state index contributed by atoms with van der Waals surface area (Å²) in [7, 11) is -1.78. The van der Waals surface area contributed by atoms with Gasteiger partial charge in [-0.15, -0.1) is 0 Å². The van der Waals surface area contributed by atoms with E-state index in [1.54, 1.807) is 0 Å². The van der Waals surface area contributed by atoms with Crippen molar-refractivity contribution in [3.05, 3.63) is 35.4 Å². The molecule has 0 aliphatic heterocycles. The van der Waals surface area contributed by atoms with Gasteiger partial charge in [0.15, 0.2) is 10.8 Å². The molecular formula is C12H11ClN4O5S. The van der Waals surface area contributed by atoms with Gasteiger partial charge in [0.2, 0.25) is 5.82 Å². The van der Waals surface area contributed by atoms with Crippen LogP contribution in [0.1, 0.15) is 10.5 Å². The molecule has 2 aromatic heterocycles. The van der Waals surface area contributed by atoms with Crippen LogP contribution in [0.25, 0.3) is 0 Å². The summed E-state index contributed by atoms with van der Waals surface area (Å²) < 4.78 is 36.6. The molecule has 2 heterocycles. The summed E-state index contributed by atoms with van der Waals surface area (Å²) in [5.41, 5.74) is -0.358. The van der Waals surface area contributed by atoms with Crippen LogP contribution < -0.4 is 9.46 Å². The molecule has 0 saturated carbocycles. The maximum Gasteiger partial charge on any atom is 0.358 e. The number of sulfonamides is 1. The van der Waals surface area contributed by atoms with Gasteiger partial charge in [0.05, 0.1) is 20.4 Å². The molecule has 122 valence electrons. The maximum absolute atomic E-state index is 12.5. The van der Waals surface area contributed by atoms with Crippen molar-refractivity contribution in [2.45, 2.75) is 4.90 Å². The number of aromatic nitrogens is 3. The Balaban J connectivity index is 2.47. The molecule has 0 bridgehead atoms. The highest BCUT2D eigenvalue weighted by molar-refractivity contribution is 7.92. The highest BCUT2D eigenvalue weighted by atomic mass is 35.5. The minimum Gasteiger partial charge on any atom is -0.478 e. The Morgan fingerprint density at radius 1 is 1.30 bits per heavy atom. The molecule has 0 amide bonds. The fourth-order valence-electron chi connectivity index (χ4n) is 1.60. The maximum atomic E-state index is 12.5. The minimum absolute atomic E-state index is 0.0291. The van der Waals surface area contributed by atoms with Gasteiger partial charge in [-0.1, -0.05) is 11.6 Å². The second-order valence-corrected chi connectivity index (χ2v) is 6.04. The number of carbonyl (C=O) groups is 1. The summed E-state index contributed by atoms with van der Waals surface area (Å²) in [6, 6.07) is 2.57. The molecule has 0 unspecified atom stereocenters. The van der Waals surface area contributed by atoms with E-state index in [2.05, 4.69) is 24.4 Å². The molecule has 0 saturated heterocycles. The smallest absolute Gasteiger partial charge is 0.358 e. The average Bonchev–Trinajstić information content (AvgIpc) is 2.55. The molecule has 2 rings (SSSR count). The third-order valence-corrected chi connectivity index (χ3v) is 4.13. The van der Waals surface area contributed by atoms with Gasteiger partial charge in [-0.3, -0.25) is 4.72 Å². The lowest BCUT2D eigenvalue weighted by molar-refractivity contribution is 0.0589. The number of esters is 1. The van der Waals surface area contributed by atoms with Gasteiger partial charge in [0, 0.05) is 6.20 Å². The summed E-state index contributed by atoms with van der Waals surface area (Å²) in [5.74, 6) is -1.19. The topological polar surface area (TPSA) is 120 Å². The number of hydrogen-bond donors (Lipinski definition) is 1. The largest absolute Gasteiger partial charge is 0.478 e. The van der Waals surface area contributed by atoms with Gasteiger partial charge in [-0.05, 0) is 12.1 Å². The van der Waals surface area contributed by atoms with Crippen molar-refractivity contribution in [2.24, 2.45) is 0 Å². The first-order chi connectivity index (χ1) is 10.9. The van der Waals surface area contributed by atoms with Crippen LogP contribution in [0.4, 0.5) is 5.82 Å². The molecule has 0 aromatic carbocycles. The highest BCUT2D eigenvalue weighted by Gasteiger charge is 2.26. The number of methoxy groups -OCH3 is 2. The zero-order chi connectivity index (χ0) is 17.0. The Bertz CT molecular complexity index is 843. The molecule has 0 aliphatic carbocycles. The number of pyridine rings is 1. The molecular weight excluding hydrogens is 348 g/mol. The van der Waals surface area contributed by atoms with E-state index >= 15 is 0 Å². The average molecular weight is 359 g/mol. The van der Waals surface area contributed by atoms with Gasteiger partial charge in [-0.2, -0.15) is 4.98 Å². The number of hydrogen-bond acceptors (Lipinski definition) is 8. The summed E-state index contributed by atoms with van der Waals surface area (Å²) in [5, 5.41) is 0.0291. The summed E-state index contributed by atoms with van der Waals surface area (Å²) in [4.78, 5) is 22.6. The number of nitrogens with zero attached hydrogens (tertiary/aromatic N) is 3. The predicted molar refractivity (Wildman–Crippen MR) is 80.0 cm³/mol. The lowest BCUT2D eigenvalue weighted by atomic mass is 10.3. The van der Waals surface area contributed by atoms with Crippen LogP contribution in [0.3, 0.4) is 0 Å². The van der Waals surface area contributed by atoms with Gasteiger partial charge in [0.25, 0.3) is 15.9 Å². The van der Waals surface area contributed by atoms with E-state index in [-0.39, 0.29) is 27.4 Å². The van der Waals surface area contributed by atoms with Crippen molar-refractivity contribution < 1.29 is 22.7 Å².